The zero-order valence-corrected chi connectivity index (χ0v) is 12.3. The van der Waals surface area contributed by atoms with Crippen LogP contribution in [-0.2, 0) is 0 Å². The molecule has 0 saturated heterocycles. The number of para-hydroxylation sites is 1. The van der Waals surface area contributed by atoms with Gasteiger partial charge in [-0.25, -0.2) is 0 Å². The third-order valence-electron chi connectivity index (χ3n) is 3.78. The van der Waals surface area contributed by atoms with E-state index in [1.165, 1.54) is 0 Å². The first-order valence-electron chi connectivity index (χ1n) is 6.78. The summed E-state index contributed by atoms with van der Waals surface area (Å²) in [7, 11) is 4.91. The van der Waals surface area contributed by atoms with Gasteiger partial charge in [0.2, 0.25) is 0 Å². The van der Waals surface area contributed by atoms with E-state index in [4.69, 9.17) is 15.2 Å². The number of carbonyl (C=O) groups excluding carboxylic acids is 1. The summed E-state index contributed by atoms with van der Waals surface area (Å²) < 4.78 is 10.5. The van der Waals surface area contributed by atoms with Gasteiger partial charge in [0, 0.05) is 19.6 Å². The SMILES string of the molecule is COc1cccc(C(=O)N(C)CC2CC(N)C2)c1OC. The van der Waals surface area contributed by atoms with Gasteiger partial charge in [0.05, 0.1) is 19.8 Å². The fourth-order valence-corrected chi connectivity index (χ4v) is 2.67. The van der Waals surface area contributed by atoms with Gasteiger partial charge in [0.1, 0.15) is 0 Å². The summed E-state index contributed by atoms with van der Waals surface area (Å²) in [6.45, 7) is 0.729. The van der Waals surface area contributed by atoms with E-state index in [0.29, 0.717) is 29.0 Å². The second-order valence-electron chi connectivity index (χ2n) is 5.32. The fourth-order valence-electron chi connectivity index (χ4n) is 2.67. The van der Waals surface area contributed by atoms with Crippen LogP contribution >= 0.6 is 0 Å². The van der Waals surface area contributed by atoms with Crippen LogP contribution in [0.2, 0.25) is 0 Å². The van der Waals surface area contributed by atoms with Crippen molar-refractivity contribution in [2.75, 3.05) is 27.8 Å². The number of benzene rings is 1. The lowest BCUT2D eigenvalue weighted by Gasteiger charge is -2.35. The minimum Gasteiger partial charge on any atom is -0.493 e. The Labute approximate surface area is 119 Å². The highest BCUT2D eigenvalue weighted by molar-refractivity contribution is 5.97. The van der Waals surface area contributed by atoms with E-state index in [2.05, 4.69) is 0 Å². The van der Waals surface area contributed by atoms with Crippen LogP contribution in [0, 0.1) is 5.92 Å². The third-order valence-corrected chi connectivity index (χ3v) is 3.78. The molecule has 20 heavy (non-hydrogen) atoms. The van der Waals surface area contributed by atoms with E-state index in [0.717, 1.165) is 19.4 Å². The highest BCUT2D eigenvalue weighted by atomic mass is 16.5. The van der Waals surface area contributed by atoms with Crippen LogP contribution in [0.25, 0.3) is 0 Å². The van der Waals surface area contributed by atoms with E-state index in [1.54, 1.807) is 37.3 Å². The van der Waals surface area contributed by atoms with Gasteiger partial charge in [-0.1, -0.05) is 6.07 Å². The Morgan fingerprint density at radius 3 is 2.60 bits per heavy atom. The highest BCUT2D eigenvalue weighted by Crippen LogP contribution is 2.32. The van der Waals surface area contributed by atoms with Gasteiger partial charge in [0.15, 0.2) is 11.5 Å². The maximum atomic E-state index is 12.5. The van der Waals surface area contributed by atoms with Crippen molar-refractivity contribution in [3.05, 3.63) is 23.8 Å². The van der Waals surface area contributed by atoms with Crippen LogP contribution in [0.3, 0.4) is 0 Å². The second kappa shape index (κ2) is 6.13. The lowest BCUT2D eigenvalue weighted by molar-refractivity contribution is 0.0730. The first kappa shape index (κ1) is 14.7. The average Bonchev–Trinajstić information content (AvgIpc) is 2.43. The first-order valence-corrected chi connectivity index (χ1v) is 6.78. The molecule has 0 heterocycles. The summed E-state index contributed by atoms with van der Waals surface area (Å²) in [4.78, 5) is 14.2. The lowest BCUT2D eigenvalue weighted by Crippen LogP contribution is -2.43. The molecular weight excluding hydrogens is 256 g/mol. The molecule has 1 fully saturated rings. The summed E-state index contributed by atoms with van der Waals surface area (Å²) in [6, 6.07) is 5.63. The van der Waals surface area contributed by atoms with Gasteiger partial charge in [-0.2, -0.15) is 0 Å². The van der Waals surface area contributed by atoms with Crippen molar-refractivity contribution < 1.29 is 14.3 Å². The number of amides is 1. The van der Waals surface area contributed by atoms with Gasteiger partial charge in [-0.15, -0.1) is 0 Å². The topological polar surface area (TPSA) is 64.8 Å². The normalized spacial score (nSPS) is 21.0. The van der Waals surface area contributed by atoms with E-state index < -0.39 is 0 Å². The first-order chi connectivity index (χ1) is 9.56. The second-order valence-corrected chi connectivity index (χ2v) is 5.32. The smallest absolute Gasteiger partial charge is 0.257 e. The Balaban J connectivity index is 2.11. The molecule has 1 saturated carbocycles. The van der Waals surface area contributed by atoms with E-state index >= 15 is 0 Å². The van der Waals surface area contributed by atoms with Crippen molar-refractivity contribution >= 4 is 5.91 Å². The number of nitrogens with two attached hydrogens (primary N) is 1. The van der Waals surface area contributed by atoms with Crippen molar-refractivity contribution in [1.29, 1.82) is 0 Å². The predicted molar refractivity (Wildman–Crippen MR) is 77.2 cm³/mol. The summed E-state index contributed by atoms with van der Waals surface area (Å²) in [6.07, 6.45) is 1.99. The minimum atomic E-state index is -0.0544. The van der Waals surface area contributed by atoms with E-state index in [9.17, 15) is 4.79 Å². The molecule has 1 aromatic carbocycles. The molecule has 5 heteroatoms. The van der Waals surface area contributed by atoms with Crippen molar-refractivity contribution in [1.82, 2.24) is 4.90 Å². The average molecular weight is 278 g/mol. The summed E-state index contributed by atoms with van der Waals surface area (Å²) in [5.74, 6) is 1.51. The summed E-state index contributed by atoms with van der Waals surface area (Å²) >= 11 is 0. The zero-order chi connectivity index (χ0) is 14.7. The minimum absolute atomic E-state index is 0.0544. The van der Waals surface area contributed by atoms with Crippen molar-refractivity contribution in [3.8, 4) is 11.5 Å². The molecule has 0 aliphatic heterocycles. The monoisotopic (exact) mass is 278 g/mol. The molecular formula is C15H22N2O3. The molecule has 1 aliphatic rings. The molecule has 0 aromatic heterocycles. The molecule has 1 aromatic rings. The molecule has 1 amide bonds. The van der Waals surface area contributed by atoms with Gasteiger partial charge < -0.3 is 20.1 Å². The molecule has 0 radical (unpaired) electrons. The van der Waals surface area contributed by atoms with E-state index in [-0.39, 0.29) is 5.91 Å². The molecule has 0 unspecified atom stereocenters. The number of methoxy groups -OCH3 is 2. The fraction of sp³-hybridized carbons (Fsp3) is 0.533. The Hall–Kier alpha value is -1.75. The Bertz CT molecular complexity index is 484. The molecule has 1 aliphatic carbocycles. The molecule has 110 valence electrons. The van der Waals surface area contributed by atoms with Crippen LogP contribution < -0.4 is 15.2 Å². The van der Waals surface area contributed by atoms with Crippen molar-refractivity contribution in [2.24, 2.45) is 11.7 Å². The van der Waals surface area contributed by atoms with E-state index in [1.807, 2.05) is 7.05 Å². The third kappa shape index (κ3) is 2.88. The van der Waals surface area contributed by atoms with Crippen molar-refractivity contribution in [3.63, 3.8) is 0 Å². The molecule has 2 N–H and O–H groups in total. The van der Waals surface area contributed by atoms with Gasteiger partial charge >= 0.3 is 0 Å². The Morgan fingerprint density at radius 2 is 2.05 bits per heavy atom. The van der Waals surface area contributed by atoms with Crippen LogP contribution in [0.5, 0.6) is 11.5 Å². The van der Waals surface area contributed by atoms with Gasteiger partial charge in [-0.05, 0) is 30.9 Å². The van der Waals surface area contributed by atoms with Gasteiger partial charge in [-0.3, -0.25) is 4.79 Å². The zero-order valence-electron chi connectivity index (χ0n) is 12.3. The number of hydrogen-bond donors (Lipinski definition) is 1. The number of rotatable bonds is 5. The molecule has 5 nitrogen and oxygen atoms in total. The van der Waals surface area contributed by atoms with Crippen molar-refractivity contribution in [2.45, 2.75) is 18.9 Å². The quantitative estimate of drug-likeness (QED) is 0.886. The molecule has 0 bridgehead atoms. The maximum absolute atomic E-state index is 12.5. The summed E-state index contributed by atoms with van der Waals surface area (Å²) in [5, 5.41) is 0. The molecule has 2 rings (SSSR count). The summed E-state index contributed by atoms with van der Waals surface area (Å²) in [5.41, 5.74) is 6.30. The van der Waals surface area contributed by atoms with Crippen LogP contribution in [-0.4, -0.2) is 44.7 Å². The number of nitrogens with zero attached hydrogens (tertiary/aromatic N) is 1. The Morgan fingerprint density at radius 1 is 1.35 bits per heavy atom. The van der Waals surface area contributed by atoms with Gasteiger partial charge in [0.25, 0.3) is 5.91 Å². The molecule has 0 spiro atoms. The van der Waals surface area contributed by atoms with Crippen LogP contribution in [0.1, 0.15) is 23.2 Å². The number of hydrogen-bond acceptors (Lipinski definition) is 4. The number of carbonyl (C=O) groups is 1. The largest absolute Gasteiger partial charge is 0.493 e. The maximum Gasteiger partial charge on any atom is 0.257 e. The predicted octanol–water partition coefficient (Wildman–Crippen LogP) is 1.51. The highest BCUT2D eigenvalue weighted by Gasteiger charge is 2.29. The lowest BCUT2D eigenvalue weighted by atomic mass is 9.80. The van der Waals surface area contributed by atoms with Crippen LogP contribution in [0.4, 0.5) is 0 Å². The Kier molecular flexibility index (Phi) is 4.49. The standard InChI is InChI=1S/C15H22N2O3/c1-17(9-10-7-11(16)8-10)15(18)12-5-4-6-13(19-2)14(12)20-3/h4-6,10-11H,7-9,16H2,1-3H3. The van der Waals surface area contributed by atoms with Crippen LogP contribution in [0.15, 0.2) is 18.2 Å². The molecule has 0 atom stereocenters. The number of ether oxygens (including phenoxy) is 2.